The molecule has 5 aromatic rings. The minimum atomic E-state index is -0.347. The van der Waals surface area contributed by atoms with Gasteiger partial charge < -0.3 is 13.8 Å². The third-order valence-electron chi connectivity index (χ3n) is 5.60. The van der Waals surface area contributed by atoms with E-state index >= 15 is 0 Å². The molecule has 0 aliphatic rings. The molecule has 0 fully saturated rings. The predicted molar refractivity (Wildman–Crippen MR) is 129 cm³/mol. The fourth-order valence-electron chi connectivity index (χ4n) is 4.00. The van der Waals surface area contributed by atoms with Gasteiger partial charge in [0.25, 0.3) is 11.7 Å². The standard InChI is InChI=1S/C26H21ClN4O3/c1-3-33-19-11-12-22-20(14-19)23(16(2)31(22)15-17-7-9-18(27)10-8-17)24(32)26-29-25(30-34-26)21-6-4-5-13-28-21/h4-14H,3,15H2,1-2H3. The van der Waals surface area contributed by atoms with E-state index in [0.29, 0.717) is 35.2 Å². The van der Waals surface area contributed by atoms with E-state index < -0.39 is 0 Å². The summed E-state index contributed by atoms with van der Waals surface area (Å²) in [4.78, 5) is 22.2. The van der Waals surface area contributed by atoms with Crippen LogP contribution in [0.15, 0.2) is 71.4 Å². The van der Waals surface area contributed by atoms with E-state index in [-0.39, 0.29) is 17.5 Å². The highest BCUT2D eigenvalue weighted by atomic mass is 35.5. The van der Waals surface area contributed by atoms with Gasteiger partial charge in [0, 0.05) is 34.4 Å². The number of carbonyl (C=O) groups is 1. The number of ketones is 1. The zero-order valence-electron chi connectivity index (χ0n) is 18.7. The Hall–Kier alpha value is -3.97. The Morgan fingerprint density at radius 3 is 2.68 bits per heavy atom. The lowest BCUT2D eigenvalue weighted by Gasteiger charge is -2.09. The average Bonchev–Trinajstić information content (AvgIpc) is 3.45. The number of nitrogens with zero attached hydrogens (tertiary/aromatic N) is 4. The van der Waals surface area contributed by atoms with Crippen LogP contribution < -0.4 is 4.74 Å². The number of rotatable bonds is 7. The van der Waals surface area contributed by atoms with Gasteiger partial charge in [0.2, 0.25) is 5.82 Å². The van der Waals surface area contributed by atoms with Crippen molar-refractivity contribution in [2.75, 3.05) is 6.61 Å². The molecule has 3 heterocycles. The number of ether oxygens (including phenoxy) is 1. The zero-order valence-corrected chi connectivity index (χ0v) is 19.4. The molecule has 0 unspecified atom stereocenters. The molecule has 0 radical (unpaired) electrons. The predicted octanol–water partition coefficient (Wildman–Crippen LogP) is 5.73. The molecule has 0 aliphatic carbocycles. The van der Waals surface area contributed by atoms with Gasteiger partial charge in [-0.3, -0.25) is 9.78 Å². The van der Waals surface area contributed by atoms with Crippen LogP contribution in [0.3, 0.4) is 0 Å². The lowest BCUT2D eigenvalue weighted by Crippen LogP contribution is -2.06. The Bertz CT molecular complexity index is 1470. The Labute approximate surface area is 201 Å². The van der Waals surface area contributed by atoms with E-state index in [9.17, 15) is 4.79 Å². The topological polar surface area (TPSA) is 83.0 Å². The third kappa shape index (κ3) is 4.06. The summed E-state index contributed by atoms with van der Waals surface area (Å²) in [5, 5.41) is 5.40. The second-order valence-electron chi connectivity index (χ2n) is 7.75. The van der Waals surface area contributed by atoms with Crippen molar-refractivity contribution in [1.82, 2.24) is 19.7 Å². The van der Waals surface area contributed by atoms with E-state index in [0.717, 1.165) is 22.2 Å². The summed E-state index contributed by atoms with van der Waals surface area (Å²) in [6, 6.07) is 18.8. The summed E-state index contributed by atoms with van der Waals surface area (Å²) in [6.07, 6.45) is 1.64. The summed E-state index contributed by atoms with van der Waals surface area (Å²) < 4.78 is 13.1. The molecule has 7 nitrogen and oxygen atoms in total. The van der Waals surface area contributed by atoms with Gasteiger partial charge >= 0.3 is 0 Å². The Kier molecular flexibility index (Phi) is 5.86. The van der Waals surface area contributed by atoms with Crippen LogP contribution in [0.5, 0.6) is 5.75 Å². The van der Waals surface area contributed by atoms with Crippen molar-refractivity contribution >= 4 is 28.3 Å². The van der Waals surface area contributed by atoms with Crippen molar-refractivity contribution in [3.05, 3.63) is 94.6 Å². The van der Waals surface area contributed by atoms with Crippen molar-refractivity contribution in [3.63, 3.8) is 0 Å². The lowest BCUT2D eigenvalue weighted by atomic mass is 10.1. The number of halogens is 1. The van der Waals surface area contributed by atoms with Crippen LogP contribution in [0.2, 0.25) is 5.02 Å². The van der Waals surface area contributed by atoms with Gasteiger partial charge in [-0.05, 0) is 61.9 Å². The summed E-state index contributed by atoms with van der Waals surface area (Å²) >= 11 is 6.05. The molecular formula is C26H21ClN4O3. The largest absolute Gasteiger partial charge is 0.494 e. The Morgan fingerprint density at radius 1 is 1.12 bits per heavy atom. The van der Waals surface area contributed by atoms with E-state index in [2.05, 4.69) is 19.7 Å². The molecular weight excluding hydrogens is 452 g/mol. The summed E-state index contributed by atoms with van der Waals surface area (Å²) in [5.74, 6) is 0.519. The first kappa shape index (κ1) is 21.9. The molecule has 5 rings (SSSR count). The summed E-state index contributed by atoms with van der Waals surface area (Å²) in [7, 11) is 0. The van der Waals surface area contributed by atoms with Crippen LogP contribution in [-0.4, -0.2) is 32.1 Å². The van der Waals surface area contributed by atoms with Crippen LogP contribution in [0, 0.1) is 6.92 Å². The molecule has 0 spiro atoms. The normalized spacial score (nSPS) is 11.1. The van der Waals surface area contributed by atoms with Gasteiger partial charge in [-0.2, -0.15) is 4.98 Å². The van der Waals surface area contributed by atoms with Gasteiger partial charge in [0.1, 0.15) is 11.4 Å². The molecule has 0 N–H and O–H groups in total. The second kappa shape index (κ2) is 9.11. The highest BCUT2D eigenvalue weighted by Gasteiger charge is 2.26. The molecule has 34 heavy (non-hydrogen) atoms. The van der Waals surface area contributed by atoms with Crippen LogP contribution in [-0.2, 0) is 6.54 Å². The monoisotopic (exact) mass is 472 g/mol. The Morgan fingerprint density at radius 2 is 1.94 bits per heavy atom. The maximum atomic E-state index is 13.6. The molecule has 8 heteroatoms. The summed E-state index contributed by atoms with van der Waals surface area (Å²) in [6.45, 7) is 4.93. The number of fused-ring (bicyclic) bond motifs is 1. The van der Waals surface area contributed by atoms with Crippen molar-refractivity contribution < 1.29 is 14.1 Å². The number of carbonyl (C=O) groups excluding carboxylic acids is 1. The number of hydrogen-bond acceptors (Lipinski definition) is 6. The molecule has 0 aliphatic heterocycles. The van der Waals surface area contributed by atoms with Gasteiger partial charge in [0.05, 0.1) is 12.2 Å². The molecule has 0 saturated heterocycles. The Balaban J connectivity index is 1.61. The molecule has 0 atom stereocenters. The van der Waals surface area contributed by atoms with Gasteiger partial charge in [0.15, 0.2) is 0 Å². The van der Waals surface area contributed by atoms with Crippen LogP contribution >= 0.6 is 11.6 Å². The molecule has 170 valence electrons. The van der Waals surface area contributed by atoms with E-state index in [1.807, 2.05) is 62.4 Å². The molecule has 2 aromatic carbocycles. The first-order chi connectivity index (χ1) is 16.5. The minimum Gasteiger partial charge on any atom is -0.494 e. The molecule has 0 amide bonds. The van der Waals surface area contributed by atoms with Crippen LogP contribution in [0.1, 0.15) is 34.4 Å². The van der Waals surface area contributed by atoms with Crippen LogP contribution in [0.25, 0.3) is 22.4 Å². The van der Waals surface area contributed by atoms with Gasteiger partial charge in [-0.1, -0.05) is 35.0 Å². The smallest absolute Gasteiger partial charge is 0.299 e. The third-order valence-corrected chi connectivity index (χ3v) is 5.85. The van der Waals surface area contributed by atoms with Gasteiger partial charge in [-0.25, -0.2) is 0 Å². The molecule has 0 bridgehead atoms. The molecule has 0 saturated carbocycles. The maximum absolute atomic E-state index is 13.6. The van der Waals surface area contributed by atoms with E-state index in [1.54, 1.807) is 18.3 Å². The fraction of sp³-hybridized carbons (Fsp3) is 0.154. The SMILES string of the molecule is CCOc1ccc2c(c1)c(C(=O)c1nc(-c3ccccn3)no1)c(C)n2Cc1ccc(Cl)cc1. The average molecular weight is 473 g/mol. The van der Waals surface area contributed by atoms with Crippen molar-refractivity contribution in [1.29, 1.82) is 0 Å². The summed E-state index contributed by atoms with van der Waals surface area (Å²) in [5.41, 5.74) is 3.80. The number of pyridine rings is 1. The first-order valence-electron chi connectivity index (χ1n) is 10.8. The van der Waals surface area contributed by atoms with E-state index in [1.165, 1.54) is 0 Å². The number of aromatic nitrogens is 4. The quantitative estimate of drug-likeness (QED) is 0.281. The maximum Gasteiger partial charge on any atom is 0.299 e. The highest BCUT2D eigenvalue weighted by molar-refractivity contribution is 6.30. The van der Waals surface area contributed by atoms with Gasteiger partial charge in [-0.15, -0.1) is 0 Å². The number of hydrogen-bond donors (Lipinski definition) is 0. The zero-order chi connectivity index (χ0) is 23.7. The highest BCUT2D eigenvalue weighted by Crippen LogP contribution is 2.32. The van der Waals surface area contributed by atoms with Crippen molar-refractivity contribution in [2.24, 2.45) is 0 Å². The fourth-order valence-corrected chi connectivity index (χ4v) is 4.13. The van der Waals surface area contributed by atoms with Crippen molar-refractivity contribution in [3.8, 4) is 17.3 Å². The molecule has 3 aromatic heterocycles. The van der Waals surface area contributed by atoms with E-state index in [4.69, 9.17) is 20.9 Å². The number of benzene rings is 2. The second-order valence-corrected chi connectivity index (χ2v) is 8.19. The lowest BCUT2D eigenvalue weighted by molar-refractivity contribution is 0.0994. The van der Waals surface area contributed by atoms with Crippen molar-refractivity contribution in [2.45, 2.75) is 20.4 Å². The minimum absolute atomic E-state index is 0.0869. The van der Waals surface area contributed by atoms with Crippen LogP contribution in [0.4, 0.5) is 0 Å². The first-order valence-corrected chi connectivity index (χ1v) is 11.2.